The molecular weight excluding hydrogens is 718 g/mol. The van der Waals surface area contributed by atoms with Gasteiger partial charge in [-0.25, -0.2) is 4.98 Å². The Morgan fingerprint density at radius 2 is 1.48 bits per heavy atom. The number of aliphatic carboxylic acids is 1. The van der Waals surface area contributed by atoms with Gasteiger partial charge in [0, 0.05) is 24.5 Å². The molecule has 0 fully saturated rings. The number of nitrogens with one attached hydrogen (secondary N) is 3. The lowest BCUT2D eigenvalue weighted by atomic mass is 9.94. The molecule has 14 nitrogen and oxygen atoms in total. The number of amides is 2. The van der Waals surface area contributed by atoms with Gasteiger partial charge in [0.05, 0.1) is 78.4 Å². The van der Waals surface area contributed by atoms with Crippen LogP contribution in [0.2, 0.25) is 0 Å². The van der Waals surface area contributed by atoms with E-state index in [-0.39, 0.29) is 25.3 Å². The smallest absolute Gasteiger partial charge is 0.305 e. The number of carbonyl (C=O) groups is 3. The van der Waals surface area contributed by atoms with Crippen molar-refractivity contribution in [3.05, 3.63) is 90.1 Å². The fourth-order valence-corrected chi connectivity index (χ4v) is 5.72. The van der Waals surface area contributed by atoms with Crippen LogP contribution >= 0.6 is 0 Å². The minimum Gasteiger partial charge on any atom is -0.491 e. The number of pyridine rings is 1. The average molecular weight is 772 g/mol. The number of anilines is 1. The lowest BCUT2D eigenvalue weighted by molar-refractivity contribution is -0.138. The number of nitrogens with zero attached hydrogens (tertiary/aromatic N) is 2. The Morgan fingerprint density at radius 3 is 2.20 bits per heavy atom. The molecule has 0 saturated heterocycles. The Balaban J connectivity index is 1.24. The van der Waals surface area contributed by atoms with Crippen LogP contribution in [0.1, 0.15) is 36.4 Å². The topological polar surface area (TPSA) is 179 Å². The number of hydrogen-bond acceptors (Lipinski definition) is 11. The summed E-state index contributed by atoms with van der Waals surface area (Å²) in [5.74, 6) is -0.380. The maximum Gasteiger partial charge on any atom is 0.305 e. The average Bonchev–Trinajstić information content (AvgIpc) is 3.19. The molecule has 300 valence electrons. The number of aliphatic imine (C=N–C) groups is 1. The number of aryl methyl sites for hydroxylation is 1. The number of ether oxygens (including phenoxy) is 5. The van der Waals surface area contributed by atoms with E-state index in [2.05, 4.69) is 32.6 Å². The van der Waals surface area contributed by atoms with Crippen molar-refractivity contribution >= 4 is 41.1 Å². The zero-order valence-electron chi connectivity index (χ0n) is 32.0. The quantitative estimate of drug-likeness (QED) is 0.0452. The lowest BCUT2D eigenvalue weighted by Gasteiger charge is -2.19. The van der Waals surface area contributed by atoms with Crippen LogP contribution < -0.4 is 20.7 Å². The third-order valence-corrected chi connectivity index (χ3v) is 8.44. The minimum absolute atomic E-state index is 0.220. The van der Waals surface area contributed by atoms with Gasteiger partial charge in [-0.05, 0) is 72.0 Å². The maximum atomic E-state index is 12.9. The van der Waals surface area contributed by atoms with Crippen LogP contribution in [0.15, 0.2) is 84.0 Å². The number of carboxylic acids is 1. The van der Waals surface area contributed by atoms with Crippen molar-refractivity contribution < 1.29 is 43.2 Å². The number of fused-ring (bicyclic) bond motifs is 1. The third-order valence-electron chi connectivity index (χ3n) is 8.44. The first-order valence-electron chi connectivity index (χ1n) is 18.8. The van der Waals surface area contributed by atoms with Crippen molar-refractivity contribution in [2.75, 3.05) is 84.4 Å². The van der Waals surface area contributed by atoms with Crippen molar-refractivity contribution in [2.24, 2.45) is 4.99 Å². The molecule has 4 rings (SSSR count). The zero-order chi connectivity index (χ0) is 39.8. The van der Waals surface area contributed by atoms with Crippen LogP contribution in [-0.2, 0) is 33.3 Å². The first kappa shape index (κ1) is 43.3. The highest BCUT2D eigenvalue weighted by Gasteiger charge is 2.20. The molecule has 3 aromatic carbocycles. The summed E-state index contributed by atoms with van der Waals surface area (Å²) in [6.07, 6.45) is 2.16. The van der Waals surface area contributed by atoms with E-state index in [0.29, 0.717) is 90.3 Å². The van der Waals surface area contributed by atoms with Crippen LogP contribution in [0.5, 0.6) is 5.75 Å². The molecule has 1 aromatic heterocycles. The Hall–Kier alpha value is -5.41. The predicted molar refractivity (Wildman–Crippen MR) is 215 cm³/mol. The van der Waals surface area contributed by atoms with Crippen molar-refractivity contribution in [3.63, 3.8) is 0 Å². The molecule has 0 saturated carbocycles. The van der Waals surface area contributed by atoms with Gasteiger partial charge in [0.1, 0.15) is 18.2 Å². The highest BCUT2D eigenvalue weighted by Crippen LogP contribution is 2.35. The SMILES string of the molecule is C=NCCOCCOCCOCCOCCOc1cccc2c(-c3cccc([C@H](CC(=O)O)NC(=O)CNC(=O)CCCNc4cc(C)ccn4)c3)cccc12. The summed E-state index contributed by atoms with van der Waals surface area (Å²) in [7, 11) is 0. The molecule has 0 bridgehead atoms. The van der Waals surface area contributed by atoms with Crippen molar-refractivity contribution in [1.29, 1.82) is 0 Å². The summed E-state index contributed by atoms with van der Waals surface area (Å²) >= 11 is 0. The highest BCUT2D eigenvalue weighted by atomic mass is 16.6. The summed E-state index contributed by atoms with van der Waals surface area (Å²) in [4.78, 5) is 45.1. The van der Waals surface area contributed by atoms with Gasteiger partial charge in [-0.3, -0.25) is 19.4 Å². The standard InChI is InChI=1S/C42H53N5O9/c1-31-14-16-45-39(27-31)44-15-6-13-40(48)46-30-41(49)47-37(29-42(50)51)33-8-3-7-32(28-33)34-9-4-11-36-35(34)10-5-12-38(36)56-26-25-55-24-23-54-22-21-53-20-19-52-18-17-43-2/h3-5,7-12,14,16,27-28,37H,2,6,13,15,17-26,29-30H2,1H3,(H,44,45)(H,46,48)(H,47,49)(H,50,51)/t37-/m0/s1. The molecule has 4 aromatic rings. The van der Waals surface area contributed by atoms with Crippen LogP contribution in [0, 0.1) is 6.92 Å². The Labute approximate surface area is 328 Å². The van der Waals surface area contributed by atoms with Crippen molar-refractivity contribution in [2.45, 2.75) is 32.2 Å². The van der Waals surface area contributed by atoms with E-state index in [1.807, 2.05) is 73.7 Å². The minimum atomic E-state index is -1.07. The number of carboxylic acid groups (broad SMARTS) is 1. The molecule has 0 aliphatic rings. The number of carbonyl (C=O) groups excluding carboxylic acids is 2. The zero-order valence-corrected chi connectivity index (χ0v) is 32.0. The van der Waals surface area contributed by atoms with Gasteiger partial charge in [-0.1, -0.05) is 48.5 Å². The summed E-state index contributed by atoms with van der Waals surface area (Å²) in [5.41, 5.74) is 3.48. The molecule has 1 atom stereocenters. The summed E-state index contributed by atoms with van der Waals surface area (Å²) < 4.78 is 28.1. The van der Waals surface area contributed by atoms with Gasteiger partial charge < -0.3 is 44.7 Å². The molecule has 0 aliphatic heterocycles. The fraction of sp³-hybridized carbons (Fsp3) is 0.405. The summed E-state index contributed by atoms with van der Waals surface area (Å²) in [5, 5.41) is 20.1. The van der Waals surface area contributed by atoms with Crippen molar-refractivity contribution in [1.82, 2.24) is 15.6 Å². The van der Waals surface area contributed by atoms with Gasteiger partial charge in [0.2, 0.25) is 11.8 Å². The Morgan fingerprint density at radius 1 is 0.804 bits per heavy atom. The molecule has 14 heteroatoms. The molecule has 0 aliphatic carbocycles. The first-order chi connectivity index (χ1) is 27.3. The van der Waals surface area contributed by atoms with Crippen LogP contribution in [0.25, 0.3) is 21.9 Å². The van der Waals surface area contributed by atoms with E-state index in [9.17, 15) is 19.5 Å². The highest BCUT2D eigenvalue weighted by molar-refractivity contribution is 6.00. The van der Waals surface area contributed by atoms with Gasteiger partial charge in [-0.15, -0.1) is 0 Å². The fourth-order valence-electron chi connectivity index (χ4n) is 5.72. The van der Waals surface area contributed by atoms with E-state index in [1.54, 1.807) is 12.3 Å². The van der Waals surface area contributed by atoms with E-state index < -0.39 is 17.9 Å². The molecule has 1 heterocycles. The molecule has 4 N–H and O–H groups in total. The second-order valence-corrected chi connectivity index (χ2v) is 12.8. The monoisotopic (exact) mass is 771 g/mol. The van der Waals surface area contributed by atoms with Gasteiger partial charge >= 0.3 is 5.97 Å². The normalized spacial score (nSPS) is 11.5. The van der Waals surface area contributed by atoms with E-state index in [0.717, 1.165) is 33.3 Å². The predicted octanol–water partition coefficient (Wildman–Crippen LogP) is 5.00. The van der Waals surface area contributed by atoms with Gasteiger partial charge in [0.25, 0.3) is 0 Å². The van der Waals surface area contributed by atoms with Crippen LogP contribution in [0.4, 0.5) is 5.82 Å². The maximum absolute atomic E-state index is 12.9. The first-order valence-corrected chi connectivity index (χ1v) is 18.8. The molecule has 2 amide bonds. The number of benzene rings is 3. The molecule has 0 unspecified atom stereocenters. The molecule has 0 spiro atoms. The molecule has 56 heavy (non-hydrogen) atoms. The van der Waals surface area contributed by atoms with Crippen LogP contribution in [0.3, 0.4) is 0 Å². The van der Waals surface area contributed by atoms with Gasteiger partial charge in [-0.2, -0.15) is 0 Å². The molecule has 0 radical (unpaired) electrons. The number of hydrogen-bond donors (Lipinski definition) is 4. The van der Waals surface area contributed by atoms with E-state index >= 15 is 0 Å². The van der Waals surface area contributed by atoms with Gasteiger partial charge in [0.15, 0.2) is 0 Å². The Bertz CT molecular complexity index is 1840. The second-order valence-electron chi connectivity index (χ2n) is 12.8. The van der Waals surface area contributed by atoms with Crippen LogP contribution in [-0.4, -0.2) is 114 Å². The molecular formula is C42H53N5O9. The Kier molecular flexibility index (Phi) is 19.3. The van der Waals surface area contributed by atoms with Crippen molar-refractivity contribution in [3.8, 4) is 16.9 Å². The van der Waals surface area contributed by atoms with E-state index in [1.165, 1.54) is 0 Å². The lowest BCUT2D eigenvalue weighted by Crippen LogP contribution is -2.39. The summed E-state index contributed by atoms with van der Waals surface area (Å²) in [6.45, 7) is 10.4. The summed E-state index contributed by atoms with van der Waals surface area (Å²) in [6, 6.07) is 22.2. The number of aromatic nitrogens is 1. The third kappa shape index (κ3) is 15.7. The largest absolute Gasteiger partial charge is 0.491 e. The van der Waals surface area contributed by atoms with E-state index in [4.69, 9.17) is 23.7 Å². The number of rotatable bonds is 28. The second kappa shape index (κ2) is 24.9.